The van der Waals surface area contributed by atoms with Crippen molar-refractivity contribution in [2.45, 2.75) is 39.2 Å². The minimum Gasteiger partial charge on any atom is -0.381 e. The molecule has 2 nitrogen and oxygen atoms in total. The van der Waals surface area contributed by atoms with Crippen LogP contribution in [-0.4, -0.2) is 37.7 Å². The van der Waals surface area contributed by atoms with Gasteiger partial charge in [0.15, 0.2) is 0 Å². The summed E-state index contributed by atoms with van der Waals surface area (Å²) in [6.07, 6.45) is 4.00. The molecular formula is C11H23NO. The lowest BCUT2D eigenvalue weighted by atomic mass is 9.87. The van der Waals surface area contributed by atoms with Crippen LogP contribution in [0, 0.1) is 5.92 Å². The van der Waals surface area contributed by atoms with E-state index in [1.54, 1.807) is 0 Å². The van der Waals surface area contributed by atoms with E-state index in [-0.39, 0.29) is 0 Å². The largest absolute Gasteiger partial charge is 0.381 e. The Hall–Kier alpha value is -0.0800. The molecule has 2 heteroatoms. The molecular weight excluding hydrogens is 162 g/mol. The van der Waals surface area contributed by atoms with Gasteiger partial charge in [-0.05, 0) is 38.8 Å². The number of ether oxygens (including phenoxy) is 1. The van der Waals surface area contributed by atoms with E-state index in [1.807, 2.05) is 13.8 Å². The van der Waals surface area contributed by atoms with Gasteiger partial charge in [0, 0.05) is 12.6 Å². The first-order valence-corrected chi connectivity index (χ1v) is 5.66. The first-order valence-electron chi connectivity index (χ1n) is 5.66. The molecule has 2 fully saturated rings. The first kappa shape index (κ1) is 11.0. The van der Waals surface area contributed by atoms with Crippen molar-refractivity contribution in [1.82, 2.24) is 4.90 Å². The number of hydrogen-bond acceptors (Lipinski definition) is 2. The normalized spacial score (nSPS) is 34.4. The second-order valence-electron chi connectivity index (χ2n) is 3.81. The molecule has 0 amide bonds. The SMILES string of the molecule is CC.CN1CCCC2COCCC21. The van der Waals surface area contributed by atoms with E-state index in [0.29, 0.717) is 0 Å². The highest BCUT2D eigenvalue weighted by molar-refractivity contribution is 4.84. The Labute approximate surface area is 82.3 Å². The molecule has 2 unspecified atom stereocenters. The van der Waals surface area contributed by atoms with Crippen LogP contribution in [0.1, 0.15) is 33.1 Å². The molecule has 0 aromatic rings. The van der Waals surface area contributed by atoms with Crippen LogP contribution in [0.25, 0.3) is 0 Å². The Morgan fingerprint density at radius 1 is 1.23 bits per heavy atom. The Morgan fingerprint density at radius 2 is 2.00 bits per heavy atom. The fraction of sp³-hybridized carbons (Fsp3) is 1.00. The van der Waals surface area contributed by atoms with Gasteiger partial charge in [0.1, 0.15) is 0 Å². The zero-order valence-corrected chi connectivity index (χ0v) is 9.25. The van der Waals surface area contributed by atoms with Crippen molar-refractivity contribution in [2.75, 3.05) is 26.8 Å². The van der Waals surface area contributed by atoms with Gasteiger partial charge < -0.3 is 9.64 Å². The third-order valence-corrected chi connectivity index (χ3v) is 3.09. The molecule has 0 spiro atoms. The lowest BCUT2D eigenvalue weighted by Crippen LogP contribution is -2.47. The Kier molecular flexibility index (Phi) is 4.74. The van der Waals surface area contributed by atoms with Gasteiger partial charge in [-0.15, -0.1) is 0 Å². The van der Waals surface area contributed by atoms with E-state index in [9.17, 15) is 0 Å². The molecule has 0 radical (unpaired) electrons. The van der Waals surface area contributed by atoms with Crippen molar-refractivity contribution in [2.24, 2.45) is 5.92 Å². The van der Waals surface area contributed by atoms with Crippen LogP contribution in [0.5, 0.6) is 0 Å². The fourth-order valence-corrected chi connectivity index (χ4v) is 2.41. The molecule has 78 valence electrons. The van der Waals surface area contributed by atoms with Gasteiger partial charge in [-0.1, -0.05) is 13.8 Å². The summed E-state index contributed by atoms with van der Waals surface area (Å²) in [7, 11) is 2.25. The van der Waals surface area contributed by atoms with Crippen LogP contribution < -0.4 is 0 Å². The molecule has 0 aliphatic carbocycles. The minimum absolute atomic E-state index is 0.831. The average Bonchev–Trinajstić information content (AvgIpc) is 2.22. The first-order chi connectivity index (χ1) is 6.38. The van der Waals surface area contributed by atoms with Gasteiger partial charge in [-0.25, -0.2) is 0 Å². The van der Waals surface area contributed by atoms with E-state index in [1.165, 1.54) is 25.8 Å². The highest BCUT2D eigenvalue weighted by atomic mass is 16.5. The van der Waals surface area contributed by atoms with Crippen molar-refractivity contribution in [3.05, 3.63) is 0 Å². The molecule has 13 heavy (non-hydrogen) atoms. The van der Waals surface area contributed by atoms with Gasteiger partial charge in [-0.2, -0.15) is 0 Å². The van der Waals surface area contributed by atoms with Gasteiger partial charge in [-0.3, -0.25) is 0 Å². The third-order valence-electron chi connectivity index (χ3n) is 3.09. The summed E-state index contributed by atoms with van der Waals surface area (Å²) in [6, 6.07) is 0.831. The summed E-state index contributed by atoms with van der Waals surface area (Å²) >= 11 is 0. The zero-order valence-electron chi connectivity index (χ0n) is 9.25. The fourth-order valence-electron chi connectivity index (χ4n) is 2.41. The van der Waals surface area contributed by atoms with Gasteiger partial charge in [0.05, 0.1) is 6.61 Å². The van der Waals surface area contributed by atoms with Crippen molar-refractivity contribution in [3.63, 3.8) is 0 Å². The summed E-state index contributed by atoms with van der Waals surface area (Å²) in [5.74, 6) is 0.836. The number of nitrogens with zero attached hydrogens (tertiary/aromatic N) is 1. The average molecular weight is 185 g/mol. The van der Waals surface area contributed by atoms with Gasteiger partial charge >= 0.3 is 0 Å². The number of hydrogen-bond donors (Lipinski definition) is 0. The Bertz CT molecular complexity index is 136. The van der Waals surface area contributed by atoms with E-state index in [2.05, 4.69) is 11.9 Å². The number of piperidine rings is 1. The van der Waals surface area contributed by atoms with Crippen LogP contribution >= 0.6 is 0 Å². The lowest BCUT2D eigenvalue weighted by Gasteiger charge is -2.41. The summed E-state index contributed by atoms with van der Waals surface area (Å²) in [5.41, 5.74) is 0. The van der Waals surface area contributed by atoms with Crippen molar-refractivity contribution in [3.8, 4) is 0 Å². The summed E-state index contributed by atoms with van der Waals surface area (Å²) in [5, 5.41) is 0. The van der Waals surface area contributed by atoms with Crippen LogP contribution in [0.3, 0.4) is 0 Å². The molecule has 2 atom stereocenters. The summed E-state index contributed by atoms with van der Waals surface area (Å²) < 4.78 is 5.46. The van der Waals surface area contributed by atoms with Crippen LogP contribution in [0.2, 0.25) is 0 Å². The maximum absolute atomic E-state index is 5.46. The predicted molar refractivity (Wildman–Crippen MR) is 55.9 cm³/mol. The van der Waals surface area contributed by atoms with Crippen molar-refractivity contribution >= 4 is 0 Å². The molecule has 2 heterocycles. The highest BCUT2D eigenvalue weighted by Crippen LogP contribution is 2.27. The monoisotopic (exact) mass is 185 g/mol. The van der Waals surface area contributed by atoms with Gasteiger partial charge in [0.25, 0.3) is 0 Å². The quantitative estimate of drug-likeness (QED) is 0.573. The molecule has 0 saturated carbocycles. The number of likely N-dealkylation sites (tertiary alicyclic amines) is 1. The molecule has 2 saturated heterocycles. The van der Waals surface area contributed by atoms with Gasteiger partial charge in [0.2, 0.25) is 0 Å². The molecule has 0 aromatic carbocycles. The number of rotatable bonds is 0. The molecule has 0 N–H and O–H groups in total. The highest BCUT2D eigenvalue weighted by Gasteiger charge is 2.31. The standard InChI is InChI=1S/C9H17NO.C2H6/c1-10-5-2-3-8-7-11-6-4-9(8)10;1-2/h8-9H,2-7H2,1H3;1-2H3. The number of fused-ring (bicyclic) bond motifs is 1. The zero-order chi connectivity index (χ0) is 9.68. The van der Waals surface area contributed by atoms with Crippen LogP contribution in [0.15, 0.2) is 0 Å². The van der Waals surface area contributed by atoms with Crippen LogP contribution in [0.4, 0.5) is 0 Å². The molecule has 0 bridgehead atoms. The van der Waals surface area contributed by atoms with E-state index < -0.39 is 0 Å². The topological polar surface area (TPSA) is 12.5 Å². The third kappa shape index (κ3) is 2.68. The van der Waals surface area contributed by atoms with Crippen molar-refractivity contribution < 1.29 is 4.74 Å². The molecule has 2 aliphatic heterocycles. The molecule has 2 rings (SSSR count). The van der Waals surface area contributed by atoms with Crippen molar-refractivity contribution in [1.29, 1.82) is 0 Å². The maximum Gasteiger partial charge on any atom is 0.0509 e. The second kappa shape index (κ2) is 5.61. The predicted octanol–water partition coefficient (Wildman–Crippen LogP) is 2.14. The smallest absolute Gasteiger partial charge is 0.0509 e. The minimum atomic E-state index is 0.831. The molecule has 2 aliphatic rings. The van der Waals surface area contributed by atoms with E-state index in [0.717, 1.165) is 25.2 Å². The van der Waals surface area contributed by atoms with E-state index in [4.69, 9.17) is 4.74 Å². The molecule has 0 aromatic heterocycles. The maximum atomic E-state index is 5.46. The van der Waals surface area contributed by atoms with E-state index >= 15 is 0 Å². The summed E-state index contributed by atoms with van der Waals surface area (Å²) in [6.45, 7) is 7.28. The second-order valence-corrected chi connectivity index (χ2v) is 3.81. The Balaban J connectivity index is 0.000000396. The lowest BCUT2D eigenvalue weighted by molar-refractivity contribution is -0.0261. The Morgan fingerprint density at radius 3 is 2.69 bits per heavy atom. The van der Waals surface area contributed by atoms with Crippen LogP contribution in [-0.2, 0) is 4.74 Å². The summed E-state index contributed by atoms with van der Waals surface area (Å²) in [4.78, 5) is 2.51.